The Labute approximate surface area is 89.3 Å². The maximum atomic E-state index is 10.3. The van der Waals surface area contributed by atoms with E-state index in [1.807, 2.05) is 19.0 Å². The molecule has 0 rings (SSSR count). The van der Waals surface area contributed by atoms with Crippen LogP contribution in [-0.2, 0) is 0 Å². The van der Waals surface area contributed by atoms with E-state index in [1.54, 1.807) is 0 Å². The second kappa shape index (κ2) is 7.24. The molecule has 0 saturated heterocycles. The van der Waals surface area contributed by atoms with E-state index >= 15 is 0 Å². The molecular formula is C12H27NO. The van der Waals surface area contributed by atoms with Gasteiger partial charge in [0.05, 0.1) is 0 Å². The molecule has 0 heterocycles. The van der Waals surface area contributed by atoms with E-state index in [2.05, 4.69) is 13.8 Å². The SMILES string of the molecule is CCCCCCC(O)(CCC)N(C)C. The van der Waals surface area contributed by atoms with Crippen LogP contribution in [0, 0.1) is 0 Å². The van der Waals surface area contributed by atoms with Crippen LogP contribution < -0.4 is 0 Å². The van der Waals surface area contributed by atoms with Crippen LogP contribution in [-0.4, -0.2) is 29.8 Å². The molecular weight excluding hydrogens is 174 g/mol. The van der Waals surface area contributed by atoms with E-state index in [9.17, 15) is 5.11 Å². The van der Waals surface area contributed by atoms with Gasteiger partial charge in [-0.25, -0.2) is 0 Å². The molecule has 1 atom stereocenters. The summed E-state index contributed by atoms with van der Waals surface area (Å²) in [5.74, 6) is 0. The van der Waals surface area contributed by atoms with Gasteiger partial charge in [-0.15, -0.1) is 0 Å². The number of aliphatic hydroxyl groups is 1. The zero-order chi connectivity index (χ0) is 11.0. The van der Waals surface area contributed by atoms with Gasteiger partial charge in [-0.05, 0) is 33.4 Å². The van der Waals surface area contributed by atoms with Crippen molar-refractivity contribution in [1.29, 1.82) is 0 Å². The van der Waals surface area contributed by atoms with Crippen molar-refractivity contribution in [2.24, 2.45) is 0 Å². The minimum absolute atomic E-state index is 0.567. The number of nitrogens with zero attached hydrogens (tertiary/aromatic N) is 1. The van der Waals surface area contributed by atoms with Crippen molar-refractivity contribution < 1.29 is 5.11 Å². The van der Waals surface area contributed by atoms with Gasteiger partial charge in [-0.3, -0.25) is 4.90 Å². The van der Waals surface area contributed by atoms with Crippen molar-refractivity contribution in [2.45, 2.75) is 64.5 Å². The summed E-state index contributed by atoms with van der Waals surface area (Å²) in [6.45, 7) is 4.34. The van der Waals surface area contributed by atoms with Crippen molar-refractivity contribution in [2.75, 3.05) is 14.1 Å². The van der Waals surface area contributed by atoms with Gasteiger partial charge in [-0.1, -0.05) is 39.5 Å². The zero-order valence-corrected chi connectivity index (χ0v) is 10.3. The standard InChI is InChI=1S/C12H27NO/c1-5-7-8-9-11-12(14,10-6-2)13(3)4/h14H,5-11H2,1-4H3. The fourth-order valence-electron chi connectivity index (χ4n) is 1.81. The molecule has 0 radical (unpaired) electrons. The number of unbranched alkanes of at least 4 members (excludes halogenated alkanes) is 3. The molecule has 0 aliphatic carbocycles. The molecule has 14 heavy (non-hydrogen) atoms. The van der Waals surface area contributed by atoms with Gasteiger partial charge >= 0.3 is 0 Å². The number of hydrogen-bond donors (Lipinski definition) is 1. The minimum atomic E-state index is -0.567. The predicted octanol–water partition coefficient (Wildman–Crippen LogP) is 3.01. The molecule has 0 aromatic carbocycles. The Kier molecular flexibility index (Phi) is 7.20. The third-order valence-corrected chi connectivity index (χ3v) is 2.91. The van der Waals surface area contributed by atoms with Crippen molar-refractivity contribution >= 4 is 0 Å². The average molecular weight is 201 g/mol. The molecule has 0 amide bonds. The van der Waals surface area contributed by atoms with Gasteiger partial charge in [-0.2, -0.15) is 0 Å². The second-order valence-corrected chi connectivity index (χ2v) is 4.44. The van der Waals surface area contributed by atoms with Crippen LogP contribution in [0.3, 0.4) is 0 Å². The third kappa shape index (κ3) is 4.97. The molecule has 1 N–H and O–H groups in total. The Morgan fingerprint density at radius 3 is 2.00 bits per heavy atom. The lowest BCUT2D eigenvalue weighted by atomic mass is 9.98. The van der Waals surface area contributed by atoms with Gasteiger partial charge in [0.15, 0.2) is 0 Å². The summed E-state index contributed by atoms with van der Waals surface area (Å²) in [6, 6.07) is 0. The summed E-state index contributed by atoms with van der Waals surface area (Å²) < 4.78 is 0. The number of rotatable bonds is 8. The van der Waals surface area contributed by atoms with Crippen LogP contribution in [0.15, 0.2) is 0 Å². The van der Waals surface area contributed by atoms with E-state index in [-0.39, 0.29) is 0 Å². The third-order valence-electron chi connectivity index (χ3n) is 2.91. The summed E-state index contributed by atoms with van der Waals surface area (Å²) in [6.07, 6.45) is 7.77. The summed E-state index contributed by atoms with van der Waals surface area (Å²) in [5, 5.41) is 10.3. The molecule has 2 nitrogen and oxygen atoms in total. The summed E-state index contributed by atoms with van der Waals surface area (Å²) in [7, 11) is 3.94. The predicted molar refractivity (Wildman–Crippen MR) is 62.3 cm³/mol. The first-order chi connectivity index (χ1) is 6.56. The molecule has 0 bridgehead atoms. The fraction of sp³-hybridized carbons (Fsp3) is 1.00. The van der Waals surface area contributed by atoms with Crippen molar-refractivity contribution in [1.82, 2.24) is 4.90 Å². The summed E-state index contributed by atoms with van der Waals surface area (Å²) >= 11 is 0. The monoisotopic (exact) mass is 201 g/mol. The lowest BCUT2D eigenvalue weighted by Crippen LogP contribution is -2.43. The highest BCUT2D eigenvalue weighted by Gasteiger charge is 2.27. The summed E-state index contributed by atoms with van der Waals surface area (Å²) in [4.78, 5) is 1.96. The highest BCUT2D eigenvalue weighted by molar-refractivity contribution is 4.74. The quantitative estimate of drug-likeness (QED) is 0.482. The Hall–Kier alpha value is -0.0800. The van der Waals surface area contributed by atoms with Crippen LogP contribution in [0.2, 0.25) is 0 Å². The van der Waals surface area contributed by atoms with Gasteiger partial charge in [0.2, 0.25) is 0 Å². The summed E-state index contributed by atoms with van der Waals surface area (Å²) in [5.41, 5.74) is -0.567. The lowest BCUT2D eigenvalue weighted by Gasteiger charge is -2.34. The fourth-order valence-corrected chi connectivity index (χ4v) is 1.81. The number of hydrogen-bond acceptors (Lipinski definition) is 2. The lowest BCUT2D eigenvalue weighted by molar-refractivity contribution is -0.0966. The molecule has 0 aliphatic rings. The van der Waals surface area contributed by atoms with Crippen LogP contribution in [0.25, 0.3) is 0 Å². The van der Waals surface area contributed by atoms with Crippen LogP contribution in [0.4, 0.5) is 0 Å². The van der Waals surface area contributed by atoms with E-state index in [4.69, 9.17) is 0 Å². The highest BCUT2D eigenvalue weighted by Crippen LogP contribution is 2.23. The van der Waals surface area contributed by atoms with Gasteiger partial charge in [0.1, 0.15) is 5.72 Å². The second-order valence-electron chi connectivity index (χ2n) is 4.44. The van der Waals surface area contributed by atoms with Crippen LogP contribution in [0.5, 0.6) is 0 Å². The molecule has 0 fully saturated rings. The van der Waals surface area contributed by atoms with Crippen molar-refractivity contribution in [3.8, 4) is 0 Å². The normalized spacial score (nSPS) is 15.9. The van der Waals surface area contributed by atoms with E-state index < -0.39 is 5.72 Å². The molecule has 86 valence electrons. The minimum Gasteiger partial charge on any atom is -0.376 e. The van der Waals surface area contributed by atoms with E-state index in [1.165, 1.54) is 19.3 Å². The molecule has 0 aromatic rings. The maximum absolute atomic E-state index is 10.3. The first kappa shape index (κ1) is 13.9. The van der Waals surface area contributed by atoms with E-state index in [0.717, 1.165) is 25.7 Å². The Morgan fingerprint density at radius 2 is 1.57 bits per heavy atom. The molecule has 1 unspecified atom stereocenters. The first-order valence-electron chi connectivity index (χ1n) is 5.96. The highest BCUT2D eigenvalue weighted by atomic mass is 16.3. The average Bonchev–Trinajstić information content (AvgIpc) is 2.13. The molecule has 2 heteroatoms. The van der Waals surface area contributed by atoms with Crippen molar-refractivity contribution in [3.63, 3.8) is 0 Å². The topological polar surface area (TPSA) is 23.5 Å². The van der Waals surface area contributed by atoms with Gasteiger partial charge in [0, 0.05) is 0 Å². The Balaban J connectivity index is 3.84. The molecule has 0 aliphatic heterocycles. The smallest absolute Gasteiger partial charge is 0.118 e. The molecule has 0 saturated carbocycles. The molecule has 0 spiro atoms. The first-order valence-corrected chi connectivity index (χ1v) is 5.96. The largest absolute Gasteiger partial charge is 0.376 e. The maximum Gasteiger partial charge on any atom is 0.118 e. The Morgan fingerprint density at radius 1 is 0.929 bits per heavy atom. The van der Waals surface area contributed by atoms with Gasteiger partial charge in [0.25, 0.3) is 0 Å². The van der Waals surface area contributed by atoms with Crippen LogP contribution >= 0.6 is 0 Å². The van der Waals surface area contributed by atoms with Crippen LogP contribution in [0.1, 0.15) is 58.8 Å². The van der Waals surface area contributed by atoms with Gasteiger partial charge < -0.3 is 5.11 Å². The molecule has 0 aromatic heterocycles. The van der Waals surface area contributed by atoms with E-state index in [0.29, 0.717) is 0 Å². The Bertz CT molecular complexity index is 136. The zero-order valence-electron chi connectivity index (χ0n) is 10.3. The van der Waals surface area contributed by atoms with Crippen molar-refractivity contribution in [3.05, 3.63) is 0 Å².